The van der Waals surface area contributed by atoms with Gasteiger partial charge in [-0.2, -0.15) is 0 Å². The van der Waals surface area contributed by atoms with Crippen molar-refractivity contribution in [3.63, 3.8) is 0 Å². The predicted octanol–water partition coefficient (Wildman–Crippen LogP) is 3.45. The van der Waals surface area contributed by atoms with E-state index in [1.54, 1.807) is 6.92 Å². The van der Waals surface area contributed by atoms with E-state index in [1.807, 2.05) is 24.3 Å². The number of unbranched alkanes of at least 4 members (excludes halogenated alkanes) is 2. The Morgan fingerprint density at radius 1 is 1.38 bits per heavy atom. The van der Waals surface area contributed by atoms with Gasteiger partial charge in [0.1, 0.15) is 5.75 Å². The molecule has 1 rings (SSSR count). The van der Waals surface area contributed by atoms with E-state index in [0.717, 1.165) is 24.3 Å². The van der Waals surface area contributed by atoms with Crippen molar-refractivity contribution in [3.05, 3.63) is 29.8 Å². The molecule has 1 aromatic rings. The summed E-state index contributed by atoms with van der Waals surface area (Å²) in [5.74, 6) is 0.830. The molecule has 0 aliphatic rings. The largest absolute Gasteiger partial charge is 0.494 e. The molecular weight excluding hydrogens is 202 g/mol. The minimum absolute atomic E-state index is 0.596. The minimum atomic E-state index is 0.596. The van der Waals surface area contributed by atoms with Gasteiger partial charge in [-0.15, -0.1) is 0 Å². The summed E-state index contributed by atoms with van der Waals surface area (Å²) in [6.45, 7) is 4.67. The highest BCUT2D eigenvalue weighted by molar-refractivity contribution is 5.98. The zero-order valence-electron chi connectivity index (χ0n) is 9.94. The van der Waals surface area contributed by atoms with Crippen molar-refractivity contribution in [1.29, 1.82) is 0 Å². The summed E-state index contributed by atoms with van der Waals surface area (Å²) in [4.78, 5) is 0. The number of ether oxygens (including phenoxy) is 1. The van der Waals surface area contributed by atoms with Gasteiger partial charge in [0.2, 0.25) is 0 Å². The summed E-state index contributed by atoms with van der Waals surface area (Å²) in [5, 5.41) is 11.8. The molecule has 3 nitrogen and oxygen atoms in total. The van der Waals surface area contributed by atoms with Crippen LogP contribution in [0.15, 0.2) is 29.4 Å². The number of hydrogen-bond donors (Lipinski definition) is 1. The maximum absolute atomic E-state index is 8.67. The summed E-state index contributed by atoms with van der Waals surface area (Å²) in [7, 11) is 0. The van der Waals surface area contributed by atoms with Crippen LogP contribution in [-0.4, -0.2) is 17.5 Å². The first-order chi connectivity index (χ1) is 7.77. The second-order valence-electron chi connectivity index (χ2n) is 3.77. The lowest BCUT2D eigenvalue weighted by Crippen LogP contribution is -1.99. The van der Waals surface area contributed by atoms with Crippen molar-refractivity contribution in [3.8, 4) is 5.75 Å². The highest BCUT2D eigenvalue weighted by Crippen LogP contribution is 2.14. The van der Waals surface area contributed by atoms with Crippen LogP contribution in [0.2, 0.25) is 0 Å². The smallest absolute Gasteiger partial charge is 0.119 e. The van der Waals surface area contributed by atoms with E-state index in [-0.39, 0.29) is 0 Å². The van der Waals surface area contributed by atoms with Crippen molar-refractivity contribution in [2.45, 2.75) is 33.1 Å². The molecule has 0 saturated carbocycles. The number of rotatable bonds is 6. The molecule has 0 aliphatic carbocycles. The first-order valence-electron chi connectivity index (χ1n) is 5.69. The molecule has 0 radical (unpaired) electrons. The molecule has 0 fully saturated rings. The summed E-state index contributed by atoms with van der Waals surface area (Å²) >= 11 is 0. The van der Waals surface area contributed by atoms with Gasteiger partial charge in [-0.1, -0.05) is 37.1 Å². The molecule has 1 N–H and O–H groups in total. The molecule has 88 valence electrons. The van der Waals surface area contributed by atoms with Gasteiger partial charge >= 0.3 is 0 Å². The molecule has 0 bridgehead atoms. The van der Waals surface area contributed by atoms with Gasteiger partial charge in [-0.05, 0) is 25.5 Å². The zero-order chi connectivity index (χ0) is 11.8. The van der Waals surface area contributed by atoms with Crippen LogP contribution in [0.1, 0.15) is 38.7 Å². The molecule has 0 saturated heterocycles. The van der Waals surface area contributed by atoms with Crippen LogP contribution in [-0.2, 0) is 0 Å². The Balaban J connectivity index is 2.54. The summed E-state index contributed by atoms with van der Waals surface area (Å²) < 4.78 is 5.61. The molecule has 0 atom stereocenters. The maximum Gasteiger partial charge on any atom is 0.119 e. The standard InChI is InChI=1S/C13H19NO2/c1-3-4-5-9-16-13-8-6-7-12(10-13)11(2)14-15/h6-8,10,15H,3-5,9H2,1-2H3. The number of oxime groups is 1. The van der Waals surface area contributed by atoms with Gasteiger partial charge in [0.25, 0.3) is 0 Å². The molecule has 0 heterocycles. The molecule has 0 amide bonds. The monoisotopic (exact) mass is 221 g/mol. The van der Waals surface area contributed by atoms with E-state index in [0.29, 0.717) is 5.71 Å². The fourth-order valence-electron chi connectivity index (χ4n) is 1.41. The number of benzene rings is 1. The zero-order valence-corrected chi connectivity index (χ0v) is 9.94. The van der Waals surface area contributed by atoms with Crippen LogP contribution in [0.5, 0.6) is 5.75 Å². The molecule has 0 spiro atoms. The average Bonchev–Trinajstić information content (AvgIpc) is 2.34. The van der Waals surface area contributed by atoms with Crippen LogP contribution in [0, 0.1) is 0 Å². The van der Waals surface area contributed by atoms with Gasteiger partial charge in [0.15, 0.2) is 0 Å². The summed E-state index contributed by atoms with van der Waals surface area (Å²) in [6.07, 6.45) is 3.46. The molecule has 0 aromatic heterocycles. The Labute approximate surface area is 96.7 Å². The maximum atomic E-state index is 8.67. The van der Waals surface area contributed by atoms with Crippen molar-refractivity contribution in [2.75, 3.05) is 6.61 Å². The number of nitrogens with zero attached hydrogens (tertiary/aromatic N) is 1. The van der Waals surface area contributed by atoms with Gasteiger partial charge in [0.05, 0.1) is 12.3 Å². The molecule has 0 unspecified atom stereocenters. The first kappa shape index (κ1) is 12.6. The average molecular weight is 221 g/mol. The van der Waals surface area contributed by atoms with E-state index in [9.17, 15) is 0 Å². The fourth-order valence-corrected chi connectivity index (χ4v) is 1.41. The van der Waals surface area contributed by atoms with E-state index in [4.69, 9.17) is 9.94 Å². The Morgan fingerprint density at radius 3 is 2.88 bits per heavy atom. The van der Waals surface area contributed by atoms with Gasteiger partial charge in [-0.25, -0.2) is 0 Å². The summed E-state index contributed by atoms with van der Waals surface area (Å²) in [6, 6.07) is 7.61. The first-order valence-corrected chi connectivity index (χ1v) is 5.69. The van der Waals surface area contributed by atoms with Crippen LogP contribution in [0.25, 0.3) is 0 Å². The van der Waals surface area contributed by atoms with E-state index >= 15 is 0 Å². The quantitative estimate of drug-likeness (QED) is 0.346. The third kappa shape index (κ3) is 3.93. The Kier molecular flexibility index (Phi) is 5.40. The SMILES string of the molecule is CCCCCOc1cccc(C(C)=NO)c1. The predicted molar refractivity (Wildman–Crippen MR) is 65.5 cm³/mol. The lowest BCUT2D eigenvalue weighted by atomic mass is 10.1. The minimum Gasteiger partial charge on any atom is -0.494 e. The highest BCUT2D eigenvalue weighted by Gasteiger charge is 2.00. The van der Waals surface area contributed by atoms with E-state index < -0.39 is 0 Å². The van der Waals surface area contributed by atoms with Crippen molar-refractivity contribution < 1.29 is 9.94 Å². The van der Waals surface area contributed by atoms with Crippen molar-refractivity contribution in [2.24, 2.45) is 5.16 Å². The van der Waals surface area contributed by atoms with Crippen LogP contribution < -0.4 is 4.74 Å². The Morgan fingerprint density at radius 2 is 2.19 bits per heavy atom. The van der Waals surface area contributed by atoms with Gasteiger partial charge in [-0.3, -0.25) is 0 Å². The van der Waals surface area contributed by atoms with Crippen molar-refractivity contribution >= 4 is 5.71 Å². The normalized spacial score (nSPS) is 11.5. The lowest BCUT2D eigenvalue weighted by Gasteiger charge is -2.07. The molecule has 16 heavy (non-hydrogen) atoms. The van der Waals surface area contributed by atoms with Crippen LogP contribution >= 0.6 is 0 Å². The third-order valence-corrected chi connectivity index (χ3v) is 2.42. The second-order valence-corrected chi connectivity index (χ2v) is 3.77. The van der Waals surface area contributed by atoms with E-state index in [1.165, 1.54) is 12.8 Å². The Hall–Kier alpha value is -1.51. The highest BCUT2D eigenvalue weighted by atomic mass is 16.5. The van der Waals surface area contributed by atoms with Crippen molar-refractivity contribution in [1.82, 2.24) is 0 Å². The van der Waals surface area contributed by atoms with E-state index in [2.05, 4.69) is 12.1 Å². The topological polar surface area (TPSA) is 41.8 Å². The number of hydrogen-bond acceptors (Lipinski definition) is 3. The molecule has 0 aliphatic heterocycles. The van der Waals surface area contributed by atoms with Crippen LogP contribution in [0.3, 0.4) is 0 Å². The molecule has 3 heteroatoms. The summed E-state index contributed by atoms with van der Waals surface area (Å²) in [5.41, 5.74) is 1.48. The van der Waals surface area contributed by atoms with Crippen LogP contribution in [0.4, 0.5) is 0 Å². The fraction of sp³-hybridized carbons (Fsp3) is 0.462. The molecule has 1 aromatic carbocycles. The lowest BCUT2D eigenvalue weighted by molar-refractivity contribution is 0.306. The Bertz CT molecular complexity index is 348. The third-order valence-electron chi connectivity index (χ3n) is 2.42. The van der Waals surface area contributed by atoms with Gasteiger partial charge < -0.3 is 9.94 Å². The molecular formula is C13H19NO2. The van der Waals surface area contributed by atoms with Gasteiger partial charge in [0, 0.05) is 5.56 Å². The second kappa shape index (κ2) is 6.88.